The first-order chi connectivity index (χ1) is 11.9. The number of rotatable bonds is 3. The lowest BCUT2D eigenvalue weighted by molar-refractivity contribution is -0.122. The van der Waals surface area contributed by atoms with Gasteiger partial charge in [0.05, 0.1) is 0 Å². The summed E-state index contributed by atoms with van der Waals surface area (Å²) in [4.78, 5) is 14.0. The van der Waals surface area contributed by atoms with Gasteiger partial charge in [-0.05, 0) is 46.8 Å². The first-order valence-electron chi connectivity index (χ1n) is 8.69. The fourth-order valence-corrected chi connectivity index (χ4v) is 3.18. The van der Waals surface area contributed by atoms with Crippen molar-refractivity contribution in [1.29, 1.82) is 0 Å². The van der Waals surface area contributed by atoms with E-state index in [0.717, 1.165) is 16.7 Å². The van der Waals surface area contributed by atoms with Gasteiger partial charge in [0.1, 0.15) is 11.4 Å². The number of thiocarbonyl (C=S) groups is 1. The third kappa shape index (κ3) is 3.98. The Morgan fingerprint density at radius 1 is 1.15 bits per heavy atom. The zero-order valence-corrected chi connectivity index (χ0v) is 17.3. The average molecular weight is 373 g/mol. The van der Waals surface area contributed by atoms with Crippen LogP contribution in [0.5, 0.6) is 5.75 Å². The summed E-state index contributed by atoms with van der Waals surface area (Å²) in [6.45, 7) is 16.4. The fraction of sp³-hybridized carbons (Fsp3) is 0.429. The van der Waals surface area contributed by atoms with Crippen LogP contribution in [0.25, 0.3) is 6.08 Å². The summed E-state index contributed by atoms with van der Waals surface area (Å²) < 4.78 is 0. The minimum absolute atomic E-state index is 0.169. The molecule has 0 atom stereocenters. The number of aromatic hydroxyl groups is 1. The fourth-order valence-electron chi connectivity index (χ4n) is 2.92. The zero-order valence-electron chi connectivity index (χ0n) is 16.4. The molecule has 2 rings (SSSR count). The van der Waals surface area contributed by atoms with E-state index in [1.165, 1.54) is 4.90 Å². The SMILES string of the molecule is C=CCN1C(=O)C(=Cc2cc(C(C)(C)C)c(O)c(C(C)(C)C)c2)NC1=S. The second-order valence-electron chi connectivity index (χ2n) is 8.66. The van der Waals surface area contributed by atoms with Crippen molar-refractivity contribution in [1.82, 2.24) is 10.2 Å². The monoisotopic (exact) mass is 372 g/mol. The van der Waals surface area contributed by atoms with Crippen molar-refractivity contribution in [2.75, 3.05) is 6.54 Å². The van der Waals surface area contributed by atoms with E-state index in [0.29, 0.717) is 23.1 Å². The summed E-state index contributed by atoms with van der Waals surface area (Å²) in [6.07, 6.45) is 3.44. The molecule has 0 aromatic heterocycles. The molecule has 1 aliphatic rings. The van der Waals surface area contributed by atoms with E-state index >= 15 is 0 Å². The van der Waals surface area contributed by atoms with E-state index < -0.39 is 0 Å². The van der Waals surface area contributed by atoms with Crippen molar-refractivity contribution in [3.63, 3.8) is 0 Å². The van der Waals surface area contributed by atoms with Crippen molar-refractivity contribution >= 4 is 29.3 Å². The molecule has 26 heavy (non-hydrogen) atoms. The molecular weight excluding hydrogens is 344 g/mol. The van der Waals surface area contributed by atoms with Gasteiger partial charge < -0.3 is 10.4 Å². The third-order valence-corrected chi connectivity index (χ3v) is 4.66. The van der Waals surface area contributed by atoms with Crippen molar-refractivity contribution in [2.24, 2.45) is 0 Å². The number of nitrogens with zero attached hydrogens (tertiary/aromatic N) is 1. The number of hydrogen-bond acceptors (Lipinski definition) is 3. The number of nitrogens with one attached hydrogen (secondary N) is 1. The van der Waals surface area contributed by atoms with Gasteiger partial charge in [-0.3, -0.25) is 9.69 Å². The Labute approximate surface area is 161 Å². The van der Waals surface area contributed by atoms with Crippen LogP contribution in [-0.4, -0.2) is 27.6 Å². The zero-order chi connectivity index (χ0) is 19.9. The summed E-state index contributed by atoms with van der Waals surface area (Å²) in [5.74, 6) is 0.152. The Kier molecular flexibility index (Phi) is 5.34. The molecule has 0 spiro atoms. The molecule has 0 aliphatic carbocycles. The molecule has 1 aromatic rings. The molecule has 1 heterocycles. The van der Waals surface area contributed by atoms with Crippen LogP contribution in [0.1, 0.15) is 58.2 Å². The summed E-state index contributed by atoms with van der Waals surface area (Å²) >= 11 is 5.23. The summed E-state index contributed by atoms with van der Waals surface area (Å²) in [5.41, 5.74) is 2.55. The van der Waals surface area contributed by atoms with E-state index in [4.69, 9.17) is 12.2 Å². The van der Waals surface area contributed by atoms with Crippen LogP contribution in [-0.2, 0) is 15.6 Å². The highest BCUT2D eigenvalue weighted by Gasteiger charge is 2.30. The molecular formula is C21H28N2O2S. The summed E-state index contributed by atoms with van der Waals surface area (Å²) in [6, 6.07) is 3.87. The minimum atomic E-state index is -0.226. The Balaban J connectivity index is 2.59. The second kappa shape index (κ2) is 6.88. The highest BCUT2D eigenvalue weighted by atomic mass is 32.1. The quantitative estimate of drug-likeness (QED) is 0.474. The lowest BCUT2D eigenvalue weighted by Gasteiger charge is -2.28. The van der Waals surface area contributed by atoms with E-state index in [1.807, 2.05) is 12.1 Å². The van der Waals surface area contributed by atoms with Gasteiger partial charge in [-0.2, -0.15) is 0 Å². The summed E-state index contributed by atoms with van der Waals surface area (Å²) in [7, 11) is 0. The maximum atomic E-state index is 12.6. The molecule has 1 aliphatic heterocycles. The maximum Gasteiger partial charge on any atom is 0.276 e. The van der Waals surface area contributed by atoms with Crippen molar-refractivity contribution < 1.29 is 9.90 Å². The van der Waals surface area contributed by atoms with Crippen molar-refractivity contribution in [3.8, 4) is 5.75 Å². The molecule has 4 nitrogen and oxygen atoms in total. The van der Waals surface area contributed by atoms with Gasteiger partial charge in [0.25, 0.3) is 5.91 Å². The van der Waals surface area contributed by atoms with Crippen LogP contribution in [0, 0.1) is 0 Å². The van der Waals surface area contributed by atoms with Crippen molar-refractivity contribution in [3.05, 3.63) is 47.2 Å². The Hall–Kier alpha value is -2.14. The van der Waals surface area contributed by atoms with Crippen LogP contribution in [0.3, 0.4) is 0 Å². The lowest BCUT2D eigenvalue weighted by Crippen LogP contribution is -2.30. The normalized spacial score (nSPS) is 17.0. The van der Waals surface area contributed by atoms with Gasteiger partial charge in [-0.15, -0.1) is 6.58 Å². The van der Waals surface area contributed by atoms with E-state index in [-0.39, 0.29) is 16.7 Å². The number of carbonyl (C=O) groups is 1. The molecule has 5 heteroatoms. The largest absolute Gasteiger partial charge is 0.507 e. The molecule has 1 fully saturated rings. The standard InChI is InChI=1S/C21H28N2O2S/c1-8-9-23-18(25)16(22-19(23)26)12-13-10-14(20(2,3)4)17(24)15(11-13)21(5,6)7/h8,10-12,24H,1,9H2,2-7H3,(H,22,26). The summed E-state index contributed by atoms with van der Waals surface area (Å²) in [5, 5.41) is 14.2. The molecule has 1 saturated heterocycles. The van der Waals surface area contributed by atoms with Gasteiger partial charge in [-0.1, -0.05) is 47.6 Å². The lowest BCUT2D eigenvalue weighted by atomic mass is 9.78. The topological polar surface area (TPSA) is 52.6 Å². The Morgan fingerprint density at radius 2 is 1.65 bits per heavy atom. The molecule has 0 bridgehead atoms. The van der Waals surface area contributed by atoms with Crippen LogP contribution in [0.2, 0.25) is 0 Å². The second-order valence-corrected chi connectivity index (χ2v) is 9.04. The molecule has 0 saturated carbocycles. The van der Waals surface area contributed by atoms with Gasteiger partial charge in [0, 0.05) is 17.7 Å². The highest BCUT2D eigenvalue weighted by Crippen LogP contribution is 2.40. The van der Waals surface area contributed by atoms with E-state index in [2.05, 4.69) is 53.4 Å². The third-order valence-electron chi connectivity index (χ3n) is 4.33. The Morgan fingerprint density at radius 3 is 2.08 bits per heavy atom. The first kappa shape index (κ1) is 20.2. The van der Waals surface area contributed by atoms with Gasteiger partial charge in [0.15, 0.2) is 5.11 Å². The van der Waals surface area contributed by atoms with E-state index in [9.17, 15) is 9.90 Å². The smallest absolute Gasteiger partial charge is 0.276 e. The number of amides is 1. The van der Waals surface area contributed by atoms with Crippen molar-refractivity contribution in [2.45, 2.75) is 52.4 Å². The van der Waals surface area contributed by atoms with Gasteiger partial charge in [-0.25, -0.2) is 0 Å². The number of benzene rings is 1. The number of phenolic OH excluding ortho intramolecular Hbond substituents is 1. The molecule has 1 amide bonds. The molecule has 2 N–H and O–H groups in total. The van der Waals surface area contributed by atoms with Gasteiger partial charge in [0.2, 0.25) is 0 Å². The average Bonchev–Trinajstić information content (AvgIpc) is 2.74. The van der Waals surface area contributed by atoms with Crippen LogP contribution in [0.15, 0.2) is 30.5 Å². The number of hydrogen-bond donors (Lipinski definition) is 2. The van der Waals surface area contributed by atoms with Gasteiger partial charge >= 0.3 is 0 Å². The first-order valence-corrected chi connectivity index (χ1v) is 9.10. The highest BCUT2D eigenvalue weighted by molar-refractivity contribution is 7.80. The molecule has 140 valence electrons. The molecule has 0 unspecified atom stereocenters. The molecule has 1 aromatic carbocycles. The Bertz CT molecular complexity index is 760. The number of phenols is 1. The predicted molar refractivity (Wildman–Crippen MR) is 111 cm³/mol. The van der Waals surface area contributed by atoms with E-state index in [1.54, 1.807) is 12.2 Å². The van der Waals surface area contributed by atoms with Crippen LogP contribution < -0.4 is 5.32 Å². The minimum Gasteiger partial charge on any atom is -0.507 e. The number of carbonyl (C=O) groups excluding carboxylic acids is 1. The molecule has 0 radical (unpaired) electrons. The van der Waals surface area contributed by atoms with Crippen LogP contribution in [0.4, 0.5) is 0 Å². The predicted octanol–water partition coefficient (Wildman–Crippen LogP) is 4.23. The van der Waals surface area contributed by atoms with Crippen LogP contribution >= 0.6 is 12.2 Å². The maximum absolute atomic E-state index is 12.6.